The first kappa shape index (κ1) is 22.3. The quantitative estimate of drug-likeness (QED) is 0.397. The molecule has 0 aliphatic carbocycles. The van der Waals surface area contributed by atoms with Crippen molar-refractivity contribution >= 4 is 32.3 Å². The second kappa shape index (κ2) is 8.18. The third-order valence-corrected chi connectivity index (χ3v) is 4.54. The fourth-order valence-electron chi connectivity index (χ4n) is 2.43. The van der Waals surface area contributed by atoms with E-state index < -0.39 is 38.2 Å². The Kier molecular flexibility index (Phi) is 6.51. The third kappa shape index (κ3) is 4.70. The average molecular weight is 418 g/mol. The molecule has 0 saturated heterocycles. The fraction of sp³-hybridized carbons (Fsp3) is 0.0588. The van der Waals surface area contributed by atoms with Gasteiger partial charge < -0.3 is 5.11 Å². The van der Waals surface area contributed by atoms with Crippen molar-refractivity contribution in [2.75, 3.05) is 0 Å². The molecule has 0 heterocycles. The summed E-state index contributed by atoms with van der Waals surface area (Å²) in [4.78, 5) is -0.479. The first-order valence-corrected chi connectivity index (χ1v) is 8.80. The molecule has 140 valence electrons. The smallest absolute Gasteiger partial charge is 0.871 e. The fourth-order valence-corrected chi connectivity index (χ4v) is 2.94. The van der Waals surface area contributed by atoms with Crippen LogP contribution in [0.25, 0.3) is 10.8 Å². The maximum absolute atomic E-state index is 13.0. The molecule has 3 aromatic rings. The molecule has 0 unspecified atom stereocenters. The van der Waals surface area contributed by atoms with Crippen molar-refractivity contribution < 1.29 is 60.8 Å². The molecule has 0 spiro atoms. The minimum atomic E-state index is -4.66. The summed E-state index contributed by atoms with van der Waals surface area (Å²) in [6, 6.07) is 10.4. The summed E-state index contributed by atoms with van der Waals surface area (Å²) in [5.74, 6) is -0.664. The molecule has 0 aromatic heterocycles. The van der Waals surface area contributed by atoms with E-state index in [0.29, 0.717) is 5.39 Å². The second-order valence-electron chi connectivity index (χ2n) is 5.49. The monoisotopic (exact) mass is 418 g/mol. The van der Waals surface area contributed by atoms with E-state index in [9.17, 15) is 26.7 Å². The van der Waals surface area contributed by atoms with Crippen LogP contribution in [0.15, 0.2) is 69.7 Å². The summed E-state index contributed by atoms with van der Waals surface area (Å²) < 4.78 is 70.9. The molecule has 6 nitrogen and oxygen atoms in total. The number of nitrogens with zero attached hydrogens (tertiary/aromatic N) is 2. The molecule has 0 aliphatic heterocycles. The van der Waals surface area contributed by atoms with Gasteiger partial charge >= 0.3 is 35.7 Å². The Balaban J connectivity index is 0.00000280. The van der Waals surface area contributed by atoms with Gasteiger partial charge in [-0.3, -0.25) is 4.55 Å². The van der Waals surface area contributed by atoms with Crippen LogP contribution >= 0.6 is 0 Å². The van der Waals surface area contributed by atoms with E-state index in [1.165, 1.54) is 24.3 Å². The Morgan fingerprint density at radius 3 is 2.25 bits per heavy atom. The van der Waals surface area contributed by atoms with Crippen molar-refractivity contribution in [3.63, 3.8) is 0 Å². The summed E-state index contributed by atoms with van der Waals surface area (Å²) in [6.07, 6.45) is -4.66. The van der Waals surface area contributed by atoms with Gasteiger partial charge in [-0.2, -0.15) is 26.7 Å². The number of azo groups is 1. The molecule has 11 heteroatoms. The number of hydrogen-bond donors (Lipinski definition) is 1. The third-order valence-electron chi connectivity index (χ3n) is 3.69. The van der Waals surface area contributed by atoms with Crippen LogP contribution in [0.1, 0.15) is 5.56 Å². The van der Waals surface area contributed by atoms with Crippen molar-refractivity contribution in [2.45, 2.75) is 11.1 Å². The predicted molar refractivity (Wildman–Crippen MR) is 88.8 cm³/mol. The van der Waals surface area contributed by atoms with E-state index >= 15 is 0 Å². The standard InChI is InChI=1S/C17H11F3N2O4S.Na/c18-17(19,20)13-3-1-2-4-14(13)21-22-16-12-9-11(27(24,25)26)7-5-10(12)6-8-15(16)23;/h1-9,23H,(H,24,25,26);/q;+1/p-1. The van der Waals surface area contributed by atoms with Gasteiger partial charge in [-0.25, -0.2) is 0 Å². The number of fused-ring (bicyclic) bond motifs is 1. The van der Waals surface area contributed by atoms with Crippen LogP contribution in [0.3, 0.4) is 0 Å². The first-order chi connectivity index (χ1) is 12.6. The van der Waals surface area contributed by atoms with Gasteiger partial charge in [0.15, 0.2) is 0 Å². The molecule has 1 N–H and O–H groups in total. The van der Waals surface area contributed by atoms with E-state index in [1.807, 2.05) is 0 Å². The zero-order valence-electron chi connectivity index (χ0n) is 14.3. The molecule has 0 fully saturated rings. The molecule has 0 saturated carbocycles. The molecule has 0 amide bonds. The number of rotatable bonds is 3. The van der Waals surface area contributed by atoms with Crippen molar-refractivity contribution in [1.82, 2.24) is 0 Å². The summed E-state index contributed by atoms with van der Waals surface area (Å²) in [6.45, 7) is 0. The van der Waals surface area contributed by atoms with Crippen molar-refractivity contribution in [3.05, 3.63) is 60.2 Å². The van der Waals surface area contributed by atoms with Gasteiger partial charge in [0.1, 0.15) is 0 Å². The van der Waals surface area contributed by atoms with E-state index in [4.69, 9.17) is 4.55 Å². The van der Waals surface area contributed by atoms with E-state index in [0.717, 1.165) is 30.3 Å². The van der Waals surface area contributed by atoms with Gasteiger partial charge in [-0.15, -0.1) is 5.11 Å². The van der Waals surface area contributed by atoms with Crippen molar-refractivity contribution in [3.8, 4) is 5.75 Å². The zero-order chi connectivity index (χ0) is 19.8. The van der Waals surface area contributed by atoms with Crippen LogP contribution in [-0.4, -0.2) is 13.0 Å². The van der Waals surface area contributed by atoms with Gasteiger partial charge in [0.05, 0.1) is 21.8 Å². The minimum Gasteiger partial charge on any atom is -0.871 e. The van der Waals surface area contributed by atoms with Crippen LogP contribution in [0.5, 0.6) is 5.75 Å². The molecule has 0 radical (unpaired) electrons. The summed E-state index contributed by atoms with van der Waals surface area (Å²) >= 11 is 0. The number of benzene rings is 3. The van der Waals surface area contributed by atoms with Crippen LogP contribution < -0.4 is 34.7 Å². The van der Waals surface area contributed by atoms with Crippen LogP contribution in [0, 0.1) is 0 Å². The van der Waals surface area contributed by atoms with Crippen molar-refractivity contribution in [2.24, 2.45) is 10.2 Å². The number of halogens is 3. The zero-order valence-corrected chi connectivity index (χ0v) is 17.1. The topological polar surface area (TPSA) is 102 Å². The normalized spacial score (nSPS) is 12.3. The number of alkyl halides is 3. The summed E-state index contributed by atoms with van der Waals surface area (Å²) in [5, 5.41) is 19.7. The van der Waals surface area contributed by atoms with Crippen LogP contribution in [0.2, 0.25) is 0 Å². The SMILES string of the molecule is O=S(=O)(O)c1ccc2ccc([O-])c(N=Nc3ccccc3C(F)(F)F)c2c1.[Na+]. The molecule has 28 heavy (non-hydrogen) atoms. The van der Waals surface area contributed by atoms with Gasteiger partial charge in [-0.05, 0) is 29.7 Å². The van der Waals surface area contributed by atoms with E-state index in [-0.39, 0.29) is 40.6 Å². The largest absolute Gasteiger partial charge is 1.00 e. The van der Waals surface area contributed by atoms with Crippen molar-refractivity contribution in [1.29, 1.82) is 0 Å². The predicted octanol–water partition coefficient (Wildman–Crippen LogP) is 1.60. The molecule has 0 aliphatic rings. The Bertz CT molecular complexity index is 1160. The van der Waals surface area contributed by atoms with E-state index in [2.05, 4.69) is 10.2 Å². The second-order valence-corrected chi connectivity index (χ2v) is 6.91. The summed E-state index contributed by atoms with van der Waals surface area (Å²) in [5.41, 5.74) is -1.86. The summed E-state index contributed by atoms with van der Waals surface area (Å²) in [7, 11) is -4.54. The van der Waals surface area contributed by atoms with Gasteiger partial charge in [-0.1, -0.05) is 36.1 Å². The van der Waals surface area contributed by atoms with Gasteiger partial charge in [0.25, 0.3) is 10.1 Å². The van der Waals surface area contributed by atoms with Gasteiger partial charge in [0, 0.05) is 5.39 Å². The Labute approximate surface area is 179 Å². The Morgan fingerprint density at radius 1 is 0.964 bits per heavy atom. The molecule has 0 bridgehead atoms. The molecular weight excluding hydrogens is 408 g/mol. The van der Waals surface area contributed by atoms with Crippen LogP contribution in [0.4, 0.5) is 24.5 Å². The maximum Gasteiger partial charge on any atom is 1.00 e. The average Bonchev–Trinajstić information content (AvgIpc) is 2.59. The van der Waals surface area contributed by atoms with E-state index in [1.54, 1.807) is 0 Å². The maximum atomic E-state index is 13.0. The van der Waals surface area contributed by atoms with Gasteiger partial charge in [0.2, 0.25) is 0 Å². The first-order valence-electron chi connectivity index (χ1n) is 7.36. The molecule has 3 rings (SSSR count). The van der Waals surface area contributed by atoms with Crippen LogP contribution in [-0.2, 0) is 16.3 Å². The molecular formula is C17H10F3N2NaO4S. The Hall–Kier alpha value is -1.98. The minimum absolute atomic E-state index is 0. The number of hydrogen-bond acceptors (Lipinski definition) is 5. The Morgan fingerprint density at radius 2 is 1.61 bits per heavy atom. The molecule has 0 atom stereocenters. The molecule has 3 aromatic carbocycles.